The molecule has 1 atom stereocenters. The molecule has 3 aromatic rings. The molecule has 0 saturated carbocycles. The molecule has 1 fully saturated rings. The Kier molecular flexibility index (Phi) is 7.95. The van der Waals surface area contributed by atoms with Crippen LogP contribution in [0.5, 0.6) is 0 Å². The van der Waals surface area contributed by atoms with E-state index < -0.39 is 42.8 Å². The molecule has 0 aliphatic carbocycles. The number of primary amides is 1. The molecule has 16 heteroatoms. The van der Waals surface area contributed by atoms with Crippen molar-refractivity contribution in [1.82, 2.24) is 14.9 Å². The number of likely N-dealkylation sites (tertiary alicyclic amines) is 1. The van der Waals surface area contributed by atoms with Gasteiger partial charge in [-0.3, -0.25) is 21.3 Å². The lowest BCUT2D eigenvalue weighted by Crippen LogP contribution is -2.44. The van der Waals surface area contributed by atoms with E-state index in [4.69, 9.17) is 27.7 Å². The van der Waals surface area contributed by atoms with Crippen molar-refractivity contribution >= 4 is 49.7 Å². The normalized spacial score (nSPS) is 15.2. The minimum atomic E-state index is -4.45. The standard InChI is InChI=1S/C20H24N8O4S2.H4N2/c21-18(22)15-11(12-2-1-3-13-16(12)27-19(23)26-13)4-5-14(17(15)34(25,31)32)33(30)10-6-8-28(9-7-10)20(24)29;1-2/h1-5,10H,6-9H2,(H3,21,22)(H2,24,29)(H3,23,26,27)(H2,25,31,32);1-2H2. The van der Waals surface area contributed by atoms with Gasteiger partial charge in [0.15, 0.2) is 5.95 Å². The lowest BCUT2D eigenvalue weighted by Gasteiger charge is -2.30. The Balaban J connectivity index is 0.00000176. The summed E-state index contributed by atoms with van der Waals surface area (Å²) in [6.45, 7) is 0.605. The molecule has 4 rings (SSSR count). The summed E-state index contributed by atoms with van der Waals surface area (Å²) in [5, 5.41) is 13.3. The van der Waals surface area contributed by atoms with Crippen molar-refractivity contribution in [1.29, 1.82) is 5.41 Å². The first-order chi connectivity index (χ1) is 17.0. The number of hydrazine groups is 1. The van der Waals surface area contributed by atoms with E-state index in [0.717, 1.165) is 0 Å². The van der Waals surface area contributed by atoms with Gasteiger partial charge in [0.2, 0.25) is 10.0 Å². The van der Waals surface area contributed by atoms with Crippen LogP contribution in [0.15, 0.2) is 40.1 Å². The number of nitrogen functional groups attached to an aromatic ring is 2. The molecule has 1 saturated heterocycles. The molecule has 14 nitrogen and oxygen atoms in total. The summed E-state index contributed by atoms with van der Waals surface area (Å²) in [6.07, 6.45) is 0.727. The number of amidine groups is 1. The van der Waals surface area contributed by atoms with Crippen LogP contribution in [-0.4, -0.2) is 57.7 Å². The van der Waals surface area contributed by atoms with Gasteiger partial charge in [0.25, 0.3) is 0 Å². The van der Waals surface area contributed by atoms with Gasteiger partial charge in [-0.05, 0) is 30.5 Å². The number of carbonyl (C=O) groups is 1. The number of aromatic nitrogens is 2. The molecule has 2 heterocycles. The molecule has 36 heavy (non-hydrogen) atoms. The van der Waals surface area contributed by atoms with E-state index in [9.17, 15) is 17.4 Å². The minimum Gasteiger partial charge on any atom is -0.384 e. The Morgan fingerprint density at radius 2 is 1.75 bits per heavy atom. The van der Waals surface area contributed by atoms with Gasteiger partial charge < -0.3 is 27.1 Å². The smallest absolute Gasteiger partial charge is 0.314 e. The number of urea groups is 1. The average molecular weight is 537 g/mol. The van der Waals surface area contributed by atoms with E-state index in [1.165, 1.54) is 11.0 Å². The number of carbonyl (C=O) groups excluding carboxylic acids is 1. The molecule has 0 radical (unpaired) electrons. The number of piperidine rings is 1. The monoisotopic (exact) mass is 536 g/mol. The first-order valence-electron chi connectivity index (χ1n) is 10.6. The number of imidazole rings is 1. The summed E-state index contributed by atoms with van der Waals surface area (Å²) in [6, 6.07) is 7.56. The lowest BCUT2D eigenvalue weighted by atomic mass is 9.97. The third-order valence-corrected chi connectivity index (χ3v) is 8.74. The second-order valence-corrected chi connectivity index (χ2v) is 11.1. The van der Waals surface area contributed by atoms with Crippen LogP contribution in [0, 0.1) is 5.41 Å². The number of para-hydroxylation sites is 1. The van der Waals surface area contributed by atoms with Gasteiger partial charge in [-0.25, -0.2) is 23.3 Å². The van der Waals surface area contributed by atoms with Gasteiger partial charge in [0.05, 0.1) is 26.7 Å². The van der Waals surface area contributed by atoms with E-state index in [1.54, 1.807) is 24.3 Å². The lowest BCUT2D eigenvalue weighted by molar-refractivity contribution is 0.197. The van der Waals surface area contributed by atoms with E-state index in [2.05, 4.69) is 21.7 Å². The van der Waals surface area contributed by atoms with E-state index in [0.29, 0.717) is 42.5 Å². The van der Waals surface area contributed by atoms with Crippen molar-refractivity contribution in [3.8, 4) is 11.1 Å². The number of hydrogen-bond acceptors (Lipinski definition) is 9. The molecule has 0 spiro atoms. The van der Waals surface area contributed by atoms with Gasteiger partial charge >= 0.3 is 6.03 Å². The summed E-state index contributed by atoms with van der Waals surface area (Å²) in [5.74, 6) is 7.61. The van der Waals surface area contributed by atoms with Crippen molar-refractivity contribution in [2.75, 3.05) is 18.8 Å². The first kappa shape index (κ1) is 27.0. The number of hydrogen-bond donors (Lipinski definition) is 8. The van der Waals surface area contributed by atoms with Crippen LogP contribution >= 0.6 is 0 Å². The Labute approximate surface area is 209 Å². The molecular formula is C20H28N10O4S2. The number of amides is 2. The number of rotatable bonds is 5. The second-order valence-electron chi connectivity index (χ2n) is 7.92. The number of fused-ring (bicyclic) bond motifs is 1. The SMILES string of the molecule is N=C(N)c1c(-c2cccc3[nH]c(N)nc23)ccc(S(=O)C2CCN(C(N)=O)CC2)c1S(N)(=O)=O.NN. The number of nitrogens with one attached hydrogen (secondary N) is 2. The van der Waals surface area contributed by atoms with Crippen molar-refractivity contribution in [3.05, 3.63) is 35.9 Å². The van der Waals surface area contributed by atoms with Crippen molar-refractivity contribution in [3.63, 3.8) is 0 Å². The first-order valence-corrected chi connectivity index (χ1v) is 13.3. The number of benzene rings is 2. The Bertz CT molecular complexity index is 1450. The topological polar surface area (TPSA) is 280 Å². The van der Waals surface area contributed by atoms with E-state index in [1.807, 2.05) is 0 Å². The highest BCUT2D eigenvalue weighted by Crippen LogP contribution is 2.37. The van der Waals surface area contributed by atoms with Gasteiger partial charge in [0, 0.05) is 29.5 Å². The third kappa shape index (κ3) is 5.17. The van der Waals surface area contributed by atoms with E-state index in [-0.39, 0.29) is 22.0 Å². The van der Waals surface area contributed by atoms with Crippen molar-refractivity contribution in [2.45, 2.75) is 27.9 Å². The van der Waals surface area contributed by atoms with Crippen molar-refractivity contribution in [2.24, 2.45) is 28.3 Å². The third-order valence-electron chi connectivity index (χ3n) is 5.77. The zero-order valence-electron chi connectivity index (χ0n) is 19.1. The maximum absolute atomic E-state index is 13.5. The molecule has 14 N–H and O–H groups in total. The highest BCUT2D eigenvalue weighted by atomic mass is 32.2. The molecule has 1 aromatic heterocycles. The fourth-order valence-corrected chi connectivity index (χ4v) is 7.17. The minimum absolute atomic E-state index is 0.0392. The van der Waals surface area contributed by atoms with Crippen molar-refractivity contribution < 1.29 is 17.4 Å². The van der Waals surface area contributed by atoms with Gasteiger partial charge in [-0.15, -0.1) is 0 Å². The van der Waals surface area contributed by atoms with Gasteiger partial charge in [-0.2, -0.15) is 0 Å². The van der Waals surface area contributed by atoms with Crippen LogP contribution in [0.1, 0.15) is 18.4 Å². The zero-order valence-corrected chi connectivity index (χ0v) is 20.7. The fourth-order valence-electron chi connectivity index (χ4n) is 4.23. The molecule has 1 aliphatic rings. The molecule has 2 aromatic carbocycles. The predicted molar refractivity (Wildman–Crippen MR) is 137 cm³/mol. The molecule has 1 unspecified atom stereocenters. The number of H-pyrrole nitrogens is 1. The maximum Gasteiger partial charge on any atom is 0.314 e. The highest BCUT2D eigenvalue weighted by molar-refractivity contribution is 7.91. The predicted octanol–water partition coefficient (Wildman–Crippen LogP) is -0.787. The Morgan fingerprint density at radius 1 is 1.11 bits per heavy atom. The largest absolute Gasteiger partial charge is 0.384 e. The van der Waals surface area contributed by atoms with Gasteiger partial charge in [0.1, 0.15) is 10.7 Å². The van der Waals surface area contributed by atoms with Crippen LogP contribution in [0.25, 0.3) is 22.2 Å². The number of aromatic amines is 1. The highest BCUT2D eigenvalue weighted by Gasteiger charge is 2.33. The number of nitrogens with zero attached hydrogens (tertiary/aromatic N) is 2. The summed E-state index contributed by atoms with van der Waals surface area (Å²) in [5.41, 5.74) is 18.6. The molecule has 194 valence electrons. The molecule has 2 amide bonds. The van der Waals surface area contributed by atoms with Crippen LogP contribution in [-0.2, 0) is 20.8 Å². The molecular weight excluding hydrogens is 508 g/mol. The second kappa shape index (κ2) is 10.6. The van der Waals surface area contributed by atoms with Crippen LogP contribution < -0.4 is 34.0 Å². The average Bonchev–Trinajstić information content (AvgIpc) is 3.23. The number of anilines is 1. The molecule has 1 aliphatic heterocycles. The Hall–Kier alpha value is -3.57. The summed E-state index contributed by atoms with van der Waals surface area (Å²) >= 11 is 0. The van der Waals surface area contributed by atoms with Crippen LogP contribution in [0.4, 0.5) is 10.7 Å². The van der Waals surface area contributed by atoms with Gasteiger partial charge in [-0.1, -0.05) is 18.2 Å². The fraction of sp³-hybridized carbons (Fsp3) is 0.250. The zero-order chi connectivity index (χ0) is 26.8. The summed E-state index contributed by atoms with van der Waals surface area (Å²) in [4.78, 5) is 19.5. The van der Waals surface area contributed by atoms with Crippen LogP contribution in [0.2, 0.25) is 0 Å². The quantitative estimate of drug-likeness (QED) is 0.0876. The Morgan fingerprint density at radius 3 is 2.31 bits per heavy atom. The number of sulfonamides is 1. The summed E-state index contributed by atoms with van der Waals surface area (Å²) in [7, 11) is -6.25. The van der Waals surface area contributed by atoms with E-state index >= 15 is 0 Å². The maximum atomic E-state index is 13.5. The number of nitrogens with two attached hydrogens (primary N) is 6. The molecule has 0 bridgehead atoms. The van der Waals surface area contributed by atoms with Crippen LogP contribution in [0.3, 0.4) is 0 Å². The summed E-state index contributed by atoms with van der Waals surface area (Å²) < 4.78 is 39.0. The number of primary sulfonamides is 1.